The van der Waals surface area contributed by atoms with Gasteiger partial charge >= 0.3 is 0 Å². The summed E-state index contributed by atoms with van der Waals surface area (Å²) < 4.78 is 0. The van der Waals surface area contributed by atoms with Gasteiger partial charge in [0.1, 0.15) is 5.75 Å². The predicted octanol–water partition coefficient (Wildman–Crippen LogP) is 3.06. The van der Waals surface area contributed by atoms with Crippen LogP contribution in [0, 0.1) is 0 Å². The van der Waals surface area contributed by atoms with Crippen LogP contribution in [0.5, 0.6) is 5.75 Å². The zero-order valence-electron chi connectivity index (χ0n) is 9.82. The van der Waals surface area contributed by atoms with E-state index in [-0.39, 0.29) is 11.7 Å². The Hall–Kier alpha value is -1.22. The van der Waals surface area contributed by atoms with E-state index in [9.17, 15) is 9.90 Å². The Morgan fingerprint density at radius 3 is 3.06 bits per heavy atom. The molecule has 1 N–H and O–H groups in total. The summed E-state index contributed by atoms with van der Waals surface area (Å²) in [4.78, 5) is 14.2. The fourth-order valence-corrected chi connectivity index (χ4v) is 2.56. The number of hydrogen-bond acceptors (Lipinski definition) is 2. The largest absolute Gasteiger partial charge is 0.508 e. The Kier molecular flexibility index (Phi) is 3.57. The van der Waals surface area contributed by atoms with Crippen LogP contribution in [-0.4, -0.2) is 28.5 Å². The van der Waals surface area contributed by atoms with Crippen molar-refractivity contribution in [2.75, 3.05) is 6.54 Å². The van der Waals surface area contributed by atoms with Gasteiger partial charge in [-0.3, -0.25) is 4.79 Å². The highest BCUT2D eigenvalue weighted by Gasteiger charge is 2.29. The molecule has 92 valence electrons. The zero-order valence-corrected chi connectivity index (χ0v) is 10.6. The minimum absolute atomic E-state index is 0.0738. The predicted molar refractivity (Wildman–Crippen MR) is 67.5 cm³/mol. The molecule has 1 aliphatic rings. The van der Waals surface area contributed by atoms with E-state index in [1.165, 1.54) is 12.1 Å². The van der Waals surface area contributed by atoms with E-state index in [0.717, 1.165) is 25.8 Å². The number of nitrogens with zero attached hydrogens (tertiary/aromatic N) is 1. The molecule has 1 amide bonds. The summed E-state index contributed by atoms with van der Waals surface area (Å²) in [5, 5.41) is 9.82. The molecule has 0 bridgehead atoms. The third kappa shape index (κ3) is 2.39. The van der Waals surface area contributed by atoms with Crippen LogP contribution in [0.25, 0.3) is 0 Å². The number of phenols is 1. The van der Waals surface area contributed by atoms with Crippen LogP contribution >= 0.6 is 11.6 Å². The molecule has 1 aromatic rings. The van der Waals surface area contributed by atoms with Crippen molar-refractivity contribution in [1.29, 1.82) is 0 Å². The molecule has 1 atom stereocenters. The van der Waals surface area contributed by atoms with E-state index in [4.69, 9.17) is 11.6 Å². The van der Waals surface area contributed by atoms with Gasteiger partial charge in [-0.25, -0.2) is 0 Å². The molecule has 0 saturated carbocycles. The molecule has 1 aromatic carbocycles. The first kappa shape index (κ1) is 12.2. The highest BCUT2D eigenvalue weighted by atomic mass is 35.5. The molecule has 2 rings (SSSR count). The molecule has 4 heteroatoms. The summed E-state index contributed by atoms with van der Waals surface area (Å²) in [6, 6.07) is 4.79. The average molecular weight is 254 g/mol. The van der Waals surface area contributed by atoms with Gasteiger partial charge < -0.3 is 10.0 Å². The number of benzene rings is 1. The van der Waals surface area contributed by atoms with Crippen molar-refractivity contribution in [3.63, 3.8) is 0 Å². The van der Waals surface area contributed by atoms with Crippen LogP contribution in [0.15, 0.2) is 18.2 Å². The van der Waals surface area contributed by atoms with Crippen LogP contribution in [-0.2, 0) is 0 Å². The Morgan fingerprint density at radius 2 is 2.35 bits per heavy atom. The summed E-state index contributed by atoms with van der Waals surface area (Å²) in [6.45, 7) is 2.86. The average Bonchev–Trinajstić information content (AvgIpc) is 2.79. The van der Waals surface area contributed by atoms with Gasteiger partial charge in [-0.1, -0.05) is 18.5 Å². The van der Waals surface area contributed by atoms with Crippen LogP contribution < -0.4 is 0 Å². The Morgan fingerprint density at radius 1 is 1.59 bits per heavy atom. The van der Waals surface area contributed by atoms with E-state index in [2.05, 4.69) is 6.92 Å². The standard InChI is InChI=1S/C13H16ClNO2/c1-2-9-4-3-7-15(9)13(17)11-8-10(16)5-6-12(11)14/h5-6,8-9,16H,2-4,7H2,1H3. The van der Waals surface area contributed by atoms with Crippen molar-refractivity contribution in [1.82, 2.24) is 4.90 Å². The van der Waals surface area contributed by atoms with Gasteiger partial charge in [0.2, 0.25) is 0 Å². The van der Waals surface area contributed by atoms with Gasteiger partial charge in [-0.2, -0.15) is 0 Å². The van der Waals surface area contributed by atoms with Crippen molar-refractivity contribution in [3.8, 4) is 5.75 Å². The fraction of sp³-hybridized carbons (Fsp3) is 0.462. The maximum absolute atomic E-state index is 12.3. The van der Waals surface area contributed by atoms with Crippen molar-refractivity contribution in [2.45, 2.75) is 32.2 Å². The molecule has 1 saturated heterocycles. The van der Waals surface area contributed by atoms with Gasteiger partial charge in [0.05, 0.1) is 10.6 Å². The minimum Gasteiger partial charge on any atom is -0.508 e. The summed E-state index contributed by atoms with van der Waals surface area (Å²) in [5.41, 5.74) is 0.395. The first-order valence-corrected chi connectivity index (χ1v) is 6.30. The highest BCUT2D eigenvalue weighted by Crippen LogP contribution is 2.27. The third-order valence-corrected chi connectivity index (χ3v) is 3.62. The van der Waals surface area contributed by atoms with Crippen LogP contribution in [0.1, 0.15) is 36.5 Å². The molecule has 0 spiro atoms. The molecule has 0 aromatic heterocycles. The monoisotopic (exact) mass is 253 g/mol. The van der Waals surface area contributed by atoms with Crippen LogP contribution in [0.2, 0.25) is 5.02 Å². The molecule has 1 unspecified atom stereocenters. The van der Waals surface area contributed by atoms with Crippen molar-refractivity contribution >= 4 is 17.5 Å². The van der Waals surface area contributed by atoms with E-state index < -0.39 is 0 Å². The molecule has 1 heterocycles. The maximum atomic E-state index is 12.3. The molecule has 3 nitrogen and oxygen atoms in total. The smallest absolute Gasteiger partial charge is 0.255 e. The molecule has 0 aliphatic carbocycles. The number of carbonyl (C=O) groups is 1. The van der Waals surface area contributed by atoms with E-state index in [1.54, 1.807) is 6.07 Å². The molecular formula is C13H16ClNO2. The quantitative estimate of drug-likeness (QED) is 0.880. The van der Waals surface area contributed by atoms with Gasteiger partial charge in [0.25, 0.3) is 5.91 Å². The number of carbonyl (C=O) groups excluding carboxylic acids is 1. The fourth-order valence-electron chi connectivity index (χ4n) is 2.36. The summed E-state index contributed by atoms with van der Waals surface area (Å²) in [6.07, 6.45) is 3.06. The van der Waals surface area contributed by atoms with Gasteiger partial charge in [0, 0.05) is 12.6 Å². The van der Waals surface area contributed by atoms with Gasteiger partial charge in [-0.15, -0.1) is 0 Å². The van der Waals surface area contributed by atoms with Gasteiger partial charge in [-0.05, 0) is 37.5 Å². The number of hydrogen-bond donors (Lipinski definition) is 1. The Labute approximate surface area is 106 Å². The lowest BCUT2D eigenvalue weighted by Gasteiger charge is -2.24. The second-order valence-corrected chi connectivity index (χ2v) is 4.77. The van der Waals surface area contributed by atoms with E-state index in [1.807, 2.05) is 4.90 Å². The lowest BCUT2D eigenvalue weighted by atomic mass is 10.1. The number of halogens is 1. The van der Waals surface area contributed by atoms with Crippen LogP contribution in [0.3, 0.4) is 0 Å². The van der Waals surface area contributed by atoms with Crippen molar-refractivity contribution < 1.29 is 9.90 Å². The summed E-state index contributed by atoms with van der Waals surface area (Å²) in [5.74, 6) is 0.000227. The van der Waals surface area contributed by atoms with E-state index >= 15 is 0 Å². The number of rotatable bonds is 2. The first-order valence-electron chi connectivity index (χ1n) is 5.93. The Balaban J connectivity index is 2.27. The molecule has 1 aliphatic heterocycles. The Bertz CT molecular complexity index is 433. The van der Waals surface area contributed by atoms with E-state index in [0.29, 0.717) is 16.6 Å². The number of amides is 1. The van der Waals surface area contributed by atoms with Gasteiger partial charge in [0.15, 0.2) is 0 Å². The third-order valence-electron chi connectivity index (χ3n) is 3.29. The SMILES string of the molecule is CCC1CCCN1C(=O)c1cc(O)ccc1Cl. The van der Waals surface area contributed by atoms with Crippen molar-refractivity contribution in [2.24, 2.45) is 0 Å². The molecular weight excluding hydrogens is 238 g/mol. The highest BCUT2D eigenvalue weighted by molar-refractivity contribution is 6.33. The number of aromatic hydroxyl groups is 1. The number of likely N-dealkylation sites (tertiary alicyclic amines) is 1. The maximum Gasteiger partial charge on any atom is 0.255 e. The topological polar surface area (TPSA) is 40.5 Å². The van der Waals surface area contributed by atoms with Crippen molar-refractivity contribution in [3.05, 3.63) is 28.8 Å². The normalized spacial score (nSPS) is 19.6. The second-order valence-electron chi connectivity index (χ2n) is 4.37. The second kappa shape index (κ2) is 4.96. The summed E-state index contributed by atoms with van der Waals surface area (Å²) >= 11 is 6.00. The van der Waals surface area contributed by atoms with Crippen LogP contribution in [0.4, 0.5) is 0 Å². The first-order chi connectivity index (χ1) is 8.13. The lowest BCUT2D eigenvalue weighted by Crippen LogP contribution is -2.35. The molecule has 17 heavy (non-hydrogen) atoms. The molecule has 0 radical (unpaired) electrons. The lowest BCUT2D eigenvalue weighted by molar-refractivity contribution is 0.0733. The number of phenolic OH excluding ortho intramolecular Hbond substituents is 1. The molecule has 1 fully saturated rings. The zero-order chi connectivity index (χ0) is 12.4. The minimum atomic E-state index is -0.0738. The summed E-state index contributed by atoms with van der Waals surface area (Å²) in [7, 11) is 0.